The van der Waals surface area contributed by atoms with E-state index in [9.17, 15) is 4.79 Å². The van der Waals surface area contributed by atoms with Crippen molar-refractivity contribution >= 4 is 18.3 Å². The molecular weight excluding hydrogens is 284 g/mol. The van der Waals surface area contributed by atoms with Crippen molar-refractivity contribution in [2.24, 2.45) is 11.7 Å². The lowest BCUT2D eigenvalue weighted by Crippen LogP contribution is -2.38. The van der Waals surface area contributed by atoms with Gasteiger partial charge in [0.15, 0.2) is 0 Å². The summed E-state index contributed by atoms with van der Waals surface area (Å²) in [4.78, 5) is 14.8. The molecular formula is C17H27ClN2O. The van der Waals surface area contributed by atoms with Gasteiger partial charge in [0.2, 0.25) is 5.91 Å². The van der Waals surface area contributed by atoms with Gasteiger partial charge in [-0.25, -0.2) is 0 Å². The van der Waals surface area contributed by atoms with Crippen LogP contribution in [0.3, 0.4) is 0 Å². The first kappa shape index (κ1) is 18.0. The number of benzene rings is 1. The van der Waals surface area contributed by atoms with Gasteiger partial charge in [0, 0.05) is 19.6 Å². The summed E-state index contributed by atoms with van der Waals surface area (Å²) in [6.45, 7) is 4.41. The molecule has 0 aliphatic carbocycles. The predicted molar refractivity (Wildman–Crippen MR) is 89.7 cm³/mol. The molecule has 1 heterocycles. The highest BCUT2D eigenvalue weighted by molar-refractivity contribution is 5.85. The van der Waals surface area contributed by atoms with E-state index < -0.39 is 0 Å². The molecule has 4 heteroatoms. The number of carbonyl (C=O) groups excluding carboxylic acids is 1. The number of nitrogens with zero attached hydrogens (tertiary/aromatic N) is 1. The lowest BCUT2D eigenvalue weighted by molar-refractivity contribution is -0.132. The van der Waals surface area contributed by atoms with Crippen LogP contribution in [0.25, 0.3) is 0 Å². The zero-order chi connectivity index (χ0) is 14.4. The number of carbonyl (C=O) groups is 1. The van der Waals surface area contributed by atoms with E-state index in [0.29, 0.717) is 6.54 Å². The Labute approximate surface area is 134 Å². The molecule has 0 aromatic heterocycles. The van der Waals surface area contributed by atoms with E-state index in [1.807, 2.05) is 35.2 Å². The van der Waals surface area contributed by atoms with Crippen LogP contribution in [0.1, 0.15) is 44.1 Å². The Hall–Kier alpha value is -1.06. The zero-order valence-corrected chi connectivity index (χ0v) is 13.6. The van der Waals surface area contributed by atoms with Gasteiger partial charge >= 0.3 is 0 Å². The minimum absolute atomic E-state index is 0. The van der Waals surface area contributed by atoms with Crippen molar-refractivity contribution in [2.75, 3.05) is 19.6 Å². The topological polar surface area (TPSA) is 46.3 Å². The third-order valence-corrected chi connectivity index (χ3v) is 4.47. The Bertz CT molecular complexity index is 424. The van der Waals surface area contributed by atoms with Gasteiger partial charge in [-0.05, 0) is 30.7 Å². The maximum Gasteiger partial charge on any atom is 0.231 e. The van der Waals surface area contributed by atoms with Gasteiger partial charge in [-0.1, -0.05) is 43.7 Å². The predicted octanol–water partition coefficient (Wildman–Crippen LogP) is 3.19. The highest BCUT2D eigenvalue weighted by Gasteiger charge is 2.26. The highest BCUT2D eigenvalue weighted by atomic mass is 35.5. The minimum atomic E-state index is -0.186. The molecule has 21 heavy (non-hydrogen) atoms. The number of likely N-dealkylation sites (tertiary alicyclic amines) is 1. The molecule has 2 rings (SSSR count). The Balaban J connectivity index is 0.00000220. The second kappa shape index (κ2) is 9.06. The van der Waals surface area contributed by atoms with Crippen molar-refractivity contribution in [3.05, 3.63) is 35.9 Å². The van der Waals surface area contributed by atoms with Crippen LogP contribution in [0.15, 0.2) is 30.3 Å². The van der Waals surface area contributed by atoms with Crippen LogP contribution in [0.4, 0.5) is 0 Å². The summed E-state index contributed by atoms with van der Waals surface area (Å²) in [5.74, 6) is 0.797. The molecule has 1 amide bonds. The summed E-state index contributed by atoms with van der Waals surface area (Å²) < 4.78 is 0. The minimum Gasteiger partial charge on any atom is -0.342 e. The van der Waals surface area contributed by atoms with Crippen LogP contribution in [-0.2, 0) is 4.79 Å². The van der Waals surface area contributed by atoms with E-state index in [-0.39, 0.29) is 24.2 Å². The van der Waals surface area contributed by atoms with Crippen LogP contribution in [0, 0.1) is 5.92 Å². The van der Waals surface area contributed by atoms with Crippen LogP contribution >= 0.6 is 12.4 Å². The normalized spacial score (nSPS) is 20.3. The molecule has 0 saturated carbocycles. The summed E-state index contributed by atoms with van der Waals surface area (Å²) in [5, 5.41) is 0. The molecule has 0 bridgehead atoms. The Morgan fingerprint density at radius 1 is 1.29 bits per heavy atom. The fraction of sp³-hybridized carbons (Fsp3) is 0.588. The number of hydrogen-bond acceptors (Lipinski definition) is 2. The van der Waals surface area contributed by atoms with E-state index in [4.69, 9.17) is 5.73 Å². The Morgan fingerprint density at radius 3 is 2.62 bits per heavy atom. The molecule has 1 aromatic carbocycles. The smallest absolute Gasteiger partial charge is 0.231 e. The van der Waals surface area contributed by atoms with E-state index in [1.54, 1.807) is 0 Å². The Kier molecular flexibility index (Phi) is 7.76. The number of hydrogen-bond donors (Lipinski definition) is 1. The molecule has 1 aliphatic rings. The zero-order valence-electron chi connectivity index (χ0n) is 12.8. The first-order valence-corrected chi connectivity index (χ1v) is 7.80. The first-order chi connectivity index (χ1) is 9.76. The fourth-order valence-corrected chi connectivity index (χ4v) is 3.08. The van der Waals surface area contributed by atoms with Gasteiger partial charge in [-0.2, -0.15) is 0 Å². The van der Waals surface area contributed by atoms with Crippen LogP contribution in [-0.4, -0.2) is 30.4 Å². The molecule has 118 valence electrons. The quantitative estimate of drug-likeness (QED) is 0.928. The summed E-state index contributed by atoms with van der Waals surface area (Å²) in [5.41, 5.74) is 6.90. The van der Waals surface area contributed by atoms with Crippen LogP contribution < -0.4 is 5.73 Å². The fourth-order valence-electron chi connectivity index (χ4n) is 3.08. The number of amides is 1. The Morgan fingerprint density at radius 2 is 2.00 bits per heavy atom. The van der Waals surface area contributed by atoms with Crippen molar-refractivity contribution in [1.29, 1.82) is 0 Å². The van der Waals surface area contributed by atoms with Gasteiger partial charge in [0.1, 0.15) is 0 Å². The maximum atomic E-state index is 12.7. The lowest BCUT2D eigenvalue weighted by atomic mass is 9.97. The number of halogens is 1. The summed E-state index contributed by atoms with van der Waals surface area (Å²) in [6, 6.07) is 9.92. The van der Waals surface area contributed by atoms with Gasteiger partial charge in [-0.15, -0.1) is 12.4 Å². The summed E-state index contributed by atoms with van der Waals surface area (Å²) in [6.07, 6.45) is 4.73. The lowest BCUT2D eigenvalue weighted by Gasteiger charge is -2.26. The van der Waals surface area contributed by atoms with Crippen LogP contribution in [0.5, 0.6) is 0 Å². The molecule has 0 radical (unpaired) electrons. The van der Waals surface area contributed by atoms with E-state index >= 15 is 0 Å². The monoisotopic (exact) mass is 310 g/mol. The standard InChI is InChI=1S/C17H26N2O.ClH/c1-2-14-7-6-11-19(12-10-14)17(20)16(13-18)15-8-4-3-5-9-15;/h3-5,8-9,14,16H,2,6-7,10-13,18H2,1H3;1H. The van der Waals surface area contributed by atoms with Crippen LogP contribution in [0.2, 0.25) is 0 Å². The van der Waals surface area contributed by atoms with E-state index in [1.165, 1.54) is 12.8 Å². The average Bonchev–Trinajstić information content (AvgIpc) is 2.74. The molecule has 1 fully saturated rings. The number of rotatable bonds is 4. The molecule has 2 atom stereocenters. The van der Waals surface area contributed by atoms with Gasteiger partial charge < -0.3 is 10.6 Å². The summed E-state index contributed by atoms with van der Waals surface area (Å²) >= 11 is 0. The van der Waals surface area contributed by atoms with Gasteiger partial charge in [0.05, 0.1) is 5.92 Å². The molecule has 3 nitrogen and oxygen atoms in total. The van der Waals surface area contributed by atoms with Crippen molar-refractivity contribution in [3.8, 4) is 0 Å². The molecule has 1 aliphatic heterocycles. The molecule has 2 unspecified atom stereocenters. The van der Waals surface area contributed by atoms with Gasteiger partial charge in [-0.3, -0.25) is 4.79 Å². The third-order valence-electron chi connectivity index (χ3n) is 4.47. The van der Waals surface area contributed by atoms with Crippen molar-refractivity contribution in [1.82, 2.24) is 4.90 Å². The number of nitrogens with two attached hydrogens (primary N) is 1. The van der Waals surface area contributed by atoms with Gasteiger partial charge in [0.25, 0.3) is 0 Å². The van der Waals surface area contributed by atoms with Crippen molar-refractivity contribution in [3.63, 3.8) is 0 Å². The first-order valence-electron chi connectivity index (χ1n) is 7.80. The van der Waals surface area contributed by atoms with Crippen molar-refractivity contribution in [2.45, 2.75) is 38.5 Å². The van der Waals surface area contributed by atoms with E-state index in [2.05, 4.69) is 6.92 Å². The SMILES string of the molecule is CCC1CCCN(C(=O)C(CN)c2ccccc2)CC1.Cl. The second-order valence-electron chi connectivity index (χ2n) is 5.73. The largest absolute Gasteiger partial charge is 0.342 e. The molecule has 1 saturated heterocycles. The molecule has 1 aromatic rings. The highest BCUT2D eigenvalue weighted by Crippen LogP contribution is 2.23. The average molecular weight is 311 g/mol. The molecule has 0 spiro atoms. The summed E-state index contributed by atoms with van der Waals surface area (Å²) in [7, 11) is 0. The maximum absolute atomic E-state index is 12.7. The molecule has 2 N–H and O–H groups in total. The van der Waals surface area contributed by atoms with E-state index in [0.717, 1.165) is 37.4 Å². The third kappa shape index (κ3) is 4.72. The second-order valence-corrected chi connectivity index (χ2v) is 5.73. The van der Waals surface area contributed by atoms with Crippen molar-refractivity contribution < 1.29 is 4.79 Å².